The monoisotopic (exact) mass is 384 g/mol. The molecule has 4 fully saturated rings. The summed E-state index contributed by atoms with van der Waals surface area (Å²) in [5, 5.41) is 3.55. The molecule has 4 saturated heterocycles. The summed E-state index contributed by atoms with van der Waals surface area (Å²) in [6.07, 6.45) is 5.48. The maximum absolute atomic E-state index is 6.10. The normalized spacial score (nSPS) is 32.9. The second-order valence-electron chi connectivity index (χ2n) is 8.74. The van der Waals surface area contributed by atoms with Gasteiger partial charge in [-0.3, -0.25) is 4.99 Å². The minimum absolute atomic E-state index is 0.490. The van der Waals surface area contributed by atoms with Gasteiger partial charge in [0.2, 0.25) is 0 Å². The SMILES string of the molecule is CN=C(NCc1ccc(N2CCN(C)CC2)nc1)N1CC2C3CCC(O3)C2C1. The van der Waals surface area contributed by atoms with E-state index in [0.717, 1.165) is 57.6 Å². The number of anilines is 1. The topological polar surface area (TPSA) is 56.2 Å². The molecular formula is C21H32N6O. The van der Waals surface area contributed by atoms with E-state index in [1.54, 1.807) is 0 Å². The van der Waals surface area contributed by atoms with Crippen LogP contribution >= 0.6 is 0 Å². The van der Waals surface area contributed by atoms with Crippen molar-refractivity contribution in [3.8, 4) is 0 Å². The number of hydrogen-bond donors (Lipinski definition) is 1. The first-order valence-corrected chi connectivity index (χ1v) is 10.7. The highest BCUT2D eigenvalue weighted by Crippen LogP contribution is 2.47. The highest BCUT2D eigenvalue weighted by Gasteiger charge is 2.53. The fourth-order valence-electron chi connectivity index (χ4n) is 5.39. The summed E-state index contributed by atoms with van der Waals surface area (Å²) < 4.78 is 6.10. The number of ether oxygens (including phenoxy) is 1. The van der Waals surface area contributed by atoms with Crippen LogP contribution in [0, 0.1) is 11.8 Å². The molecule has 7 nitrogen and oxygen atoms in total. The Hall–Kier alpha value is -1.86. The predicted octanol–water partition coefficient (Wildman–Crippen LogP) is 1.02. The Bertz CT molecular complexity index is 696. The molecule has 7 heteroatoms. The van der Waals surface area contributed by atoms with E-state index in [2.05, 4.69) is 44.2 Å². The Labute approximate surface area is 167 Å². The van der Waals surface area contributed by atoms with Crippen molar-refractivity contribution < 1.29 is 4.74 Å². The van der Waals surface area contributed by atoms with Crippen LogP contribution in [0.3, 0.4) is 0 Å². The third-order valence-corrected chi connectivity index (χ3v) is 7.05. The van der Waals surface area contributed by atoms with Gasteiger partial charge in [0.1, 0.15) is 5.82 Å². The summed E-state index contributed by atoms with van der Waals surface area (Å²) in [5.41, 5.74) is 1.20. The minimum atomic E-state index is 0.490. The molecule has 1 N–H and O–H groups in total. The zero-order valence-electron chi connectivity index (χ0n) is 17.0. The van der Waals surface area contributed by atoms with Gasteiger partial charge in [-0.2, -0.15) is 0 Å². The maximum Gasteiger partial charge on any atom is 0.193 e. The average Bonchev–Trinajstić information content (AvgIpc) is 3.43. The first-order valence-electron chi connectivity index (χ1n) is 10.7. The van der Waals surface area contributed by atoms with E-state index in [0.29, 0.717) is 24.0 Å². The number of aromatic nitrogens is 1. The van der Waals surface area contributed by atoms with Gasteiger partial charge in [-0.05, 0) is 31.5 Å². The molecule has 0 amide bonds. The van der Waals surface area contributed by atoms with Crippen LogP contribution in [0.4, 0.5) is 5.82 Å². The lowest BCUT2D eigenvalue weighted by atomic mass is 9.82. The molecule has 2 bridgehead atoms. The van der Waals surface area contributed by atoms with E-state index < -0.39 is 0 Å². The van der Waals surface area contributed by atoms with Gasteiger partial charge in [0.05, 0.1) is 12.2 Å². The Morgan fingerprint density at radius 1 is 1.14 bits per heavy atom. The maximum atomic E-state index is 6.10. The molecule has 4 aliphatic heterocycles. The van der Waals surface area contributed by atoms with Gasteiger partial charge >= 0.3 is 0 Å². The number of piperazine rings is 1. The number of guanidine groups is 1. The number of likely N-dealkylation sites (tertiary alicyclic amines) is 1. The first kappa shape index (κ1) is 18.2. The number of aliphatic imine (C=N–C) groups is 1. The van der Waals surface area contributed by atoms with Crippen LogP contribution < -0.4 is 10.2 Å². The van der Waals surface area contributed by atoms with Crippen LogP contribution in [0.1, 0.15) is 18.4 Å². The van der Waals surface area contributed by atoms with Crippen molar-refractivity contribution >= 4 is 11.8 Å². The van der Waals surface area contributed by atoms with Crippen LogP contribution in [0.5, 0.6) is 0 Å². The van der Waals surface area contributed by atoms with E-state index in [-0.39, 0.29) is 0 Å². The van der Waals surface area contributed by atoms with Crippen LogP contribution in [0.15, 0.2) is 23.3 Å². The van der Waals surface area contributed by atoms with E-state index in [9.17, 15) is 0 Å². The van der Waals surface area contributed by atoms with Crippen molar-refractivity contribution in [3.05, 3.63) is 23.9 Å². The van der Waals surface area contributed by atoms with Crippen molar-refractivity contribution in [1.29, 1.82) is 0 Å². The summed E-state index contributed by atoms with van der Waals surface area (Å²) in [6.45, 7) is 7.22. The van der Waals surface area contributed by atoms with Crippen molar-refractivity contribution in [2.45, 2.75) is 31.6 Å². The second kappa shape index (κ2) is 7.52. The second-order valence-corrected chi connectivity index (χ2v) is 8.74. The molecule has 1 aromatic heterocycles. The molecule has 0 spiro atoms. The lowest BCUT2D eigenvalue weighted by Crippen LogP contribution is -2.44. The fourth-order valence-corrected chi connectivity index (χ4v) is 5.39. The molecule has 5 heterocycles. The van der Waals surface area contributed by atoms with Gasteiger partial charge in [0.15, 0.2) is 5.96 Å². The summed E-state index contributed by atoms with van der Waals surface area (Å²) in [5.74, 6) is 3.49. The van der Waals surface area contributed by atoms with Gasteiger partial charge < -0.3 is 24.8 Å². The Morgan fingerprint density at radius 2 is 1.86 bits per heavy atom. The van der Waals surface area contributed by atoms with Crippen molar-refractivity contribution in [1.82, 2.24) is 20.1 Å². The van der Waals surface area contributed by atoms with Crippen LogP contribution in [0.25, 0.3) is 0 Å². The average molecular weight is 385 g/mol. The number of pyridine rings is 1. The molecule has 152 valence electrons. The lowest BCUT2D eigenvalue weighted by molar-refractivity contribution is 0.0767. The van der Waals surface area contributed by atoms with Gasteiger partial charge in [-0.15, -0.1) is 0 Å². The molecule has 5 rings (SSSR count). The largest absolute Gasteiger partial charge is 0.374 e. The summed E-state index contributed by atoms with van der Waals surface area (Å²) in [6, 6.07) is 4.34. The number of nitrogens with zero attached hydrogens (tertiary/aromatic N) is 5. The van der Waals surface area contributed by atoms with Crippen LogP contribution in [0.2, 0.25) is 0 Å². The molecule has 4 atom stereocenters. The Kier molecular flexibility index (Phi) is 4.88. The van der Waals surface area contributed by atoms with Gasteiger partial charge in [-0.25, -0.2) is 4.98 Å². The van der Waals surface area contributed by atoms with E-state index in [4.69, 9.17) is 9.72 Å². The molecular weight excluding hydrogens is 352 g/mol. The smallest absolute Gasteiger partial charge is 0.193 e. The lowest BCUT2D eigenvalue weighted by Gasteiger charge is -2.33. The number of hydrogen-bond acceptors (Lipinski definition) is 5. The molecule has 28 heavy (non-hydrogen) atoms. The Balaban J connectivity index is 1.16. The van der Waals surface area contributed by atoms with E-state index in [1.165, 1.54) is 18.4 Å². The van der Waals surface area contributed by atoms with Gasteiger partial charge in [-0.1, -0.05) is 6.07 Å². The zero-order chi connectivity index (χ0) is 19.1. The molecule has 4 unspecified atom stereocenters. The Morgan fingerprint density at radius 3 is 2.46 bits per heavy atom. The molecule has 4 aliphatic rings. The summed E-state index contributed by atoms with van der Waals surface area (Å²) in [7, 11) is 4.06. The number of nitrogens with one attached hydrogen (secondary N) is 1. The van der Waals surface area contributed by atoms with Crippen molar-refractivity contribution in [3.63, 3.8) is 0 Å². The third kappa shape index (κ3) is 3.35. The zero-order valence-corrected chi connectivity index (χ0v) is 17.0. The number of fused-ring (bicyclic) bond motifs is 5. The molecule has 0 radical (unpaired) electrons. The highest BCUT2D eigenvalue weighted by atomic mass is 16.5. The summed E-state index contributed by atoms with van der Waals surface area (Å²) >= 11 is 0. The van der Waals surface area contributed by atoms with E-state index in [1.807, 2.05) is 13.2 Å². The molecule has 0 aliphatic carbocycles. The number of likely N-dealkylation sites (N-methyl/N-ethyl adjacent to an activating group) is 1. The van der Waals surface area contributed by atoms with Gasteiger partial charge in [0.25, 0.3) is 0 Å². The molecule has 0 saturated carbocycles. The van der Waals surface area contributed by atoms with Gasteiger partial charge in [0, 0.05) is 70.9 Å². The predicted molar refractivity (Wildman–Crippen MR) is 111 cm³/mol. The standard InChI is InChI=1S/C21H32N6O/c1-22-21(27-13-16-17(14-27)19-5-4-18(16)28-19)24-12-15-3-6-20(23-11-15)26-9-7-25(2)8-10-26/h3,6,11,16-19H,4-5,7-10,12-14H2,1-2H3,(H,22,24). The van der Waals surface area contributed by atoms with Crippen molar-refractivity contribution in [2.75, 3.05) is 58.3 Å². The summed E-state index contributed by atoms with van der Waals surface area (Å²) in [4.78, 5) is 16.4. The van der Waals surface area contributed by atoms with Crippen LogP contribution in [-0.4, -0.2) is 86.3 Å². The first-order chi connectivity index (χ1) is 13.7. The third-order valence-electron chi connectivity index (χ3n) is 7.05. The highest BCUT2D eigenvalue weighted by molar-refractivity contribution is 5.80. The number of rotatable bonds is 3. The molecule has 0 aromatic carbocycles. The van der Waals surface area contributed by atoms with Crippen LogP contribution in [-0.2, 0) is 11.3 Å². The van der Waals surface area contributed by atoms with Crippen molar-refractivity contribution in [2.24, 2.45) is 16.8 Å². The quantitative estimate of drug-likeness (QED) is 0.620. The molecule has 1 aromatic rings. The van der Waals surface area contributed by atoms with E-state index >= 15 is 0 Å². The minimum Gasteiger partial charge on any atom is -0.374 e. The fraction of sp³-hybridized carbons (Fsp3) is 0.714.